The third-order valence-electron chi connectivity index (χ3n) is 4.77. The molecular formula is C20H25ClN6. The molecule has 1 aliphatic rings. The van der Waals surface area contributed by atoms with E-state index in [9.17, 15) is 0 Å². The van der Waals surface area contributed by atoms with E-state index in [1.807, 2.05) is 24.7 Å². The molecule has 1 saturated heterocycles. The molecule has 6 nitrogen and oxygen atoms in total. The summed E-state index contributed by atoms with van der Waals surface area (Å²) in [4.78, 5) is 8.46. The van der Waals surface area contributed by atoms with Gasteiger partial charge in [0.25, 0.3) is 0 Å². The molecule has 0 spiro atoms. The SMILES string of the molecule is Cc1cc(C)cc(-n2ncc(CN3CCNCC3c3cccnc3)n2)c1.Cl. The zero-order chi connectivity index (χ0) is 17.9. The molecule has 1 aliphatic heterocycles. The first kappa shape index (κ1) is 19.5. The number of nitrogens with one attached hydrogen (secondary N) is 1. The van der Waals surface area contributed by atoms with E-state index in [1.165, 1.54) is 16.7 Å². The molecule has 3 aromatic rings. The third-order valence-corrected chi connectivity index (χ3v) is 4.77. The third kappa shape index (κ3) is 4.53. The van der Waals surface area contributed by atoms with E-state index >= 15 is 0 Å². The first-order valence-corrected chi connectivity index (χ1v) is 9.03. The lowest BCUT2D eigenvalue weighted by atomic mass is 10.1. The van der Waals surface area contributed by atoms with Gasteiger partial charge in [0.15, 0.2) is 0 Å². The average molecular weight is 385 g/mol. The number of aromatic nitrogens is 4. The van der Waals surface area contributed by atoms with E-state index in [0.29, 0.717) is 6.04 Å². The standard InChI is InChI=1S/C20H24N6.ClH/c1-15-8-16(2)10-19(9-15)26-23-12-18(24-26)14-25-7-6-22-13-20(25)17-4-3-5-21-11-17;/h3-5,8-12,20,22H,6-7,13-14H2,1-2H3;1H. The Hall–Kier alpha value is -2.28. The van der Waals surface area contributed by atoms with Gasteiger partial charge in [0.05, 0.1) is 17.6 Å². The normalized spacial score (nSPS) is 17.5. The maximum Gasteiger partial charge on any atom is 0.0972 e. The molecule has 7 heteroatoms. The molecule has 4 rings (SSSR count). The molecule has 3 heterocycles. The minimum atomic E-state index is 0. The zero-order valence-electron chi connectivity index (χ0n) is 15.7. The number of piperazine rings is 1. The fourth-order valence-corrected chi connectivity index (χ4v) is 3.60. The van der Waals surface area contributed by atoms with E-state index in [0.717, 1.165) is 37.6 Å². The summed E-state index contributed by atoms with van der Waals surface area (Å²) in [5.74, 6) is 0. The van der Waals surface area contributed by atoms with Crippen LogP contribution < -0.4 is 5.32 Å². The lowest BCUT2D eigenvalue weighted by Gasteiger charge is -2.35. The van der Waals surface area contributed by atoms with Crippen LogP contribution in [-0.2, 0) is 6.54 Å². The molecule has 1 N–H and O–H groups in total. The first-order chi connectivity index (χ1) is 12.7. The minimum absolute atomic E-state index is 0. The molecule has 2 aromatic heterocycles. The number of hydrogen-bond acceptors (Lipinski definition) is 5. The largest absolute Gasteiger partial charge is 0.314 e. The molecule has 0 bridgehead atoms. The summed E-state index contributed by atoms with van der Waals surface area (Å²) in [5, 5.41) is 12.7. The Labute approximate surface area is 166 Å². The Bertz CT molecular complexity index is 859. The van der Waals surface area contributed by atoms with Gasteiger partial charge in [0.1, 0.15) is 0 Å². The predicted octanol–water partition coefficient (Wildman–Crippen LogP) is 2.85. The van der Waals surface area contributed by atoms with Gasteiger partial charge in [-0.25, -0.2) is 0 Å². The van der Waals surface area contributed by atoms with Gasteiger partial charge >= 0.3 is 0 Å². The van der Waals surface area contributed by atoms with Gasteiger partial charge in [0, 0.05) is 44.6 Å². The summed E-state index contributed by atoms with van der Waals surface area (Å²) in [6, 6.07) is 10.8. The molecule has 0 saturated carbocycles. The number of halogens is 1. The molecule has 0 amide bonds. The maximum atomic E-state index is 4.71. The maximum absolute atomic E-state index is 4.71. The number of aryl methyl sites for hydroxylation is 2. The summed E-state index contributed by atoms with van der Waals surface area (Å²) >= 11 is 0. The van der Waals surface area contributed by atoms with Crippen LogP contribution in [0.2, 0.25) is 0 Å². The number of hydrogen-bond donors (Lipinski definition) is 1. The van der Waals surface area contributed by atoms with Crippen molar-refractivity contribution in [2.45, 2.75) is 26.4 Å². The molecule has 0 radical (unpaired) electrons. The van der Waals surface area contributed by atoms with Crippen molar-refractivity contribution in [3.05, 3.63) is 71.3 Å². The van der Waals surface area contributed by atoms with E-state index in [-0.39, 0.29) is 12.4 Å². The zero-order valence-corrected chi connectivity index (χ0v) is 16.5. The smallest absolute Gasteiger partial charge is 0.0972 e. The lowest BCUT2D eigenvalue weighted by molar-refractivity contribution is 0.151. The van der Waals surface area contributed by atoms with Gasteiger partial charge in [-0.1, -0.05) is 12.1 Å². The van der Waals surface area contributed by atoms with Crippen LogP contribution in [0.15, 0.2) is 48.9 Å². The van der Waals surface area contributed by atoms with E-state index in [1.54, 1.807) is 4.80 Å². The second kappa shape index (κ2) is 8.61. The molecular weight excluding hydrogens is 360 g/mol. The van der Waals surface area contributed by atoms with Crippen molar-refractivity contribution < 1.29 is 0 Å². The Morgan fingerprint density at radius 2 is 1.96 bits per heavy atom. The Kier molecular flexibility index (Phi) is 6.21. The Morgan fingerprint density at radius 3 is 2.70 bits per heavy atom. The first-order valence-electron chi connectivity index (χ1n) is 9.03. The Morgan fingerprint density at radius 1 is 1.15 bits per heavy atom. The number of benzene rings is 1. The van der Waals surface area contributed by atoms with Crippen LogP contribution in [-0.4, -0.2) is 44.5 Å². The fourth-order valence-electron chi connectivity index (χ4n) is 3.60. The van der Waals surface area contributed by atoms with Crippen molar-refractivity contribution in [2.75, 3.05) is 19.6 Å². The van der Waals surface area contributed by atoms with Crippen LogP contribution in [0.25, 0.3) is 5.69 Å². The molecule has 1 unspecified atom stereocenters. The highest BCUT2D eigenvalue weighted by Gasteiger charge is 2.24. The van der Waals surface area contributed by atoms with Crippen molar-refractivity contribution in [2.24, 2.45) is 0 Å². The van der Waals surface area contributed by atoms with Crippen LogP contribution in [0.5, 0.6) is 0 Å². The summed E-state index contributed by atoms with van der Waals surface area (Å²) < 4.78 is 0. The summed E-state index contributed by atoms with van der Waals surface area (Å²) in [6.45, 7) is 7.88. The number of pyridine rings is 1. The molecule has 1 atom stereocenters. The minimum Gasteiger partial charge on any atom is -0.314 e. The van der Waals surface area contributed by atoms with Gasteiger partial charge in [-0.2, -0.15) is 15.0 Å². The molecule has 0 aliphatic carbocycles. The van der Waals surface area contributed by atoms with Crippen LogP contribution in [0.3, 0.4) is 0 Å². The summed E-state index contributed by atoms with van der Waals surface area (Å²) in [5.41, 5.74) is 5.68. The topological polar surface area (TPSA) is 58.9 Å². The van der Waals surface area contributed by atoms with Gasteiger partial charge < -0.3 is 5.32 Å². The van der Waals surface area contributed by atoms with Gasteiger partial charge in [0.2, 0.25) is 0 Å². The van der Waals surface area contributed by atoms with E-state index in [2.05, 4.69) is 58.4 Å². The molecule has 142 valence electrons. The van der Waals surface area contributed by atoms with Crippen molar-refractivity contribution in [3.8, 4) is 5.69 Å². The van der Waals surface area contributed by atoms with Gasteiger partial charge in [-0.15, -0.1) is 12.4 Å². The number of nitrogens with zero attached hydrogens (tertiary/aromatic N) is 5. The van der Waals surface area contributed by atoms with Crippen molar-refractivity contribution in [3.63, 3.8) is 0 Å². The predicted molar refractivity (Wildman–Crippen MR) is 108 cm³/mol. The monoisotopic (exact) mass is 384 g/mol. The van der Waals surface area contributed by atoms with E-state index < -0.39 is 0 Å². The molecule has 1 fully saturated rings. The van der Waals surface area contributed by atoms with E-state index in [4.69, 9.17) is 5.10 Å². The fraction of sp³-hybridized carbons (Fsp3) is 0.350. The average Bonchev–Trinajstić information content (AvgIpc) is 3.11. The summed E-state index contributed by atoms with van der Waals surface area (Å²) in [6.07, 6.45) is 5.65. The van der Waals surface area contributed by atoms with Crippen molar-refractivity contribution in [1.29, 1.82) is 0 Å². The highest BCUT2D eigenvalue weighted by atomic mass is 35.5. The summed E-state index contributed by atoms with van der Waals surface area (Å²) in [7, 11) is 0. The molecule has 27 heavy (non-hydrogen) atoms. The van der Waals surface area contributed by atoms with Gasteiger partial charge in [-0.3, -0.25) is 9.88 Å². The second-order valence-electron chi connectivity index (χ2n) is 6.95. The van der Waals surface area contributed by atoms with Crippen molar-refractivity contribution in [1.82, 2.24) is 30.2 Å². The quantitative estimate of drug-likeness (QED) is 0.749. The van der Waals surface area contributed by atoms with Crippen LogP contribution in [0, 0.1) is 13.8 Å². The van der Waals surface area contributed by atoms with Crippen LogP contribution in [0.4, 0.5) is 0 Å². The second-order valence-corrected chi connectivity index (χ2v) is 6.95. The van der Waals surface area contributed by atoms with Crippen LogP contribution in [0.1, 0.15) is 28.4 Å². The number of rotatable bonds is 4. The molecule has 1 aromatic carbocycles. The Balaban J connectivity index is 0.00000210. The van der Waals surface area contributed by atoms with Gasteiger partial charge in [-0.05, 0) is 48.7 Å². The highest BCUT2D eigenvalue weighted by Crippen LogP contribution is 2.23. The lowest BCUT2D eigenvalue weighted by Crippen LogP contribution is -2.45. The van der Waals surface area contributed by atoms with Crippen LogP contribution >= 0.6 is 12.4 Å². The highest BCUT2D eigenvalue weighted by molar-refractivity contribution is 5.85. The van der Waals surface area contributed by atoms with Crippen molar-refractivity contribution >= 4 is 12.4 Å².